The first kappa shape index (κ1) is 31.2. The van der Waals surface area contributed by atoms with Crippen LogP contribution in [0.15, 0.2) is 33.9 Å². The van der Waals surface area contributed by atoms with Crippen molar-refractivity contribution in [3.63, 3.8) is 0 Å². The van der Waals surface area contributed by atoms with Crippen LogP contribution in [0.25, 0.3) is 10.8 Å². The summed E-state index contributed by atoms with van der Waals surface area (Å²) in [6.45, 7) is 1.17. The summed E-state index contributed by atoms with van der Waals surface area (Å²) >= 11 is 6.15. The first-order chi connectivity index (χ1) is 22.9. The number of methoxy groups -OCH3 is 1. The molecule has 5 N–H and O–H groups in total. The molecule has 1 aromatic heterocycles. The number of nitrogens with one attached hydrogen (secondary N) is 2. The lowest BCUT2D eigenvalue weighted by molar-refractivity contribution is -0.123. The molecule has 7 rings (SSSR count). The van der Waals surface area contributed by atoms with E-state index in [1.54, 1.807) is 4.90 Å². The normalized spacial score (nSPS) is 22.0. The number of hydrogen-bond donors (Lipinski definition) is 5. The number of aryl methyl sites for hydroxylation is 1. The van der Waals surface area contributed by atoms with Gasteiger partial charge in [0.15, 0.2) is 23.1 Å². The van der Waals surface area contributed by atoms with Crippen molar-refractivity contribution in [1.29, 1.82) is 0 Å². The number of carbonyl (C=O) groups excluding carboxylic acids is 5. The molecule has 1 aliphatic heterocycles. The Kier molecular flexibility index (Phi) is 7.23. The molecule has 1 fully saturated rings. The molecule has 0 radical (unpaired) electrons. The Morgan fingerprint density at radius 2 is 1.81 bits per heavy atom. The van der Waals surface area contributed by atoms with E-state index < -0.39 is 90.8 Å². The van der Waals surface area contributed by atoms with Gasteiger partial charge in [-0.15, -0.1) is 11.6 Å². The standard InChI is InChI=1S/C32H25ClN4O11/c1-47-16-8-15(38)20-21(25(16)40)27(42)23-22(26(20)41)29(44)32(30(23)45)3-2-12-6-13-7-14(35-31(46)19(13)28(43)24(12)32)9-34-36-18(39)10-37-4-5-48-11-17(37)33/h6-9,17,41-43H,2-5,10-11H2,1H3,(H,35,46)(H,36,39)/t17?,32-/m0/s1. The number of allylic oxidation sites excluding steroid dienone is 2. The van der Waals surface area contributed by atoms with Gasteiger partial charge in [-0.2, -0.15) is 5.10 Å². The number of Topliss-reactive ketones (excluding diaryl/α,β-unsaturated/α-hetero) is 3. The number of benzene rings is 2. The number of hydrogen-bond acceptors (Lipinski definition) is 13. The van der Waals surface area contributed by atoms with E-state index in [-0.39, 0.29) is 48.0 Å². The number of phenols is 3. The van der Waals surface area contributed by atoms with Gasteiger partial charge in [-0.1, -0.05) is 6.07 Å². The first-order valence-corrected chi connectivity index (χ1v) is 15.1. The molecule has 1 unspecified atom stereocenters. The van der Waals surface area contributed by atoms with Gasteiger partial charge in [0.05, 0.1) is 66.4 Å². The van der Waals surface area contributed by atoms with Gasteiger partial charge in [0.25, 0.3) is 11.5 Å². The van der Waals surface area contributed by atoms with Gasteiger partial charge in [-0.3, -0.25) is 33.7 Å². The SMILES string of the molecule is COC1=CC(=O)c2c(O)c3c(c(O)c2C1=O)C(=O)[C@]1(CCc2cc4cc(C=NNC(=O)CN5CCOCC5Cl)[nH]c(=O)c4c(O)c21)C3=O. The second-order valence-corrected chi connectivity index (χ2v) is 12.2. The number of ketones is 4. The number of H-pyrrole nitrogens is 1. The Morgan fingerprint density at radius 1 is 1.10 bits per heavy atom. The van der Waals surface area contributed by atoms with E-state index in [9.17, 15) is 44.1 Å². The zero-order valence-corrected chi connectivity index (χ0v) is 25.8. The molecule has 1 amide bonds. The topological polar surface area (TPSA) is 225 Å². The maximum atomic E-state index is 14.1. The summed E-state index contributed by atoms with van der Waals surface area (Å²) in [7, 11) is 1.12. The Bertz CT molecular complexity index is 2170. The van der Waals surface area contributed by atoms with Crippen molar-refractivity contribution >= 4 is 57.6 Å². The Hall–Kier alpha value is -5.38. The van der Waals surface area contributed by atoms with Crippen molar-refractivity contribution in [2.75, 3.05) is 33.4 Å². The second-order valence-electron chi connectivity index (χ2n) is 11.7. The molecular formula is C32H25ClN4O11. The van der Waals surface area contributed by atoms with Gasteiger partial charge in [-0.25, -0.2) is 5.43 Å². The van der Waals surface area contributed by atoms with Crippen molar-refractivity contribution in [2.45, 2.75) is 23.8 Å². The summed E-state index contributed by atoms with van der Waals surface area (Å²) < 4.78 is 10.2. The van der Waals surface area contributed by atoms with Crippen LogP contribution in [0.2, 0.25) is 0 Å². The van der Waals surface area contributed by atoms with Gasteiger partial charge in [-0.05, 0) is 29.9 Å². The number of fused-ring (bicyclic) bond motifs is 5. The van der Waals surface area contributed by atoms with Gasteiger partial charge >= 0.3 is 0 Å². The van der Waals surface area contributed by atoms with Gasteiger partial charge in [0, 0.05) is 18.2 Å². The Balaban J connectivity index is 1.25. The third kappa shape index (κ3) is 4.31. The Labute approximate surface area is 274 Å². The monoisotopic (exact) mass is 676 g/mol. The molecule has 246 valence electrons. The molecule has 0 bridgehead atoms. The number of carbonyl (C=O) groups is 5. The van der Waals surface area contributed by atoms with Crippen LogP contribution in [0.5, 0.6) is 17.2 Å². The molecule has 2 aromatic carbocycles. The minimum Gasteiger partial charge on any atom is -0.507 e. The van der Waals surface area contributed by atoms with Crippen LogP contribution in [0, 0.1) is 0 Å². The largest absolute Gasteiger partial charge is 0.507 e. The van der Waals surface area contributed by atoms with E-state index in [1.165, 1.54) is 18.3 Å². The number of aromatic nitrogens is 1. The van der Waals surface area contributed by atoms with Gasteiger partial charge in [0.1, 0.15) is 28.2 Å². The number of rotatable bonds is 5. The number of nitrogens with zero attached hydrogens (tertiary/aromatic N) is 2. The minimum absolute atomic E-state index is 0.0257. The molecule has 15 nitrogen and oxygen atoms in total. The number of pyridine rings is 1. The number of ether oxygens (including phenoxy) is 2. The highest BCUT2D eigenvalue weighted by Gasteiger charge is 2.61. The Morgan fingerprint density at radius 3 is 2.50 bits per heavy atom. The van der Waals surface area contributed by atoms with Crippen molar-refractivity contribution in [3.05, 3.63) is 73.4 Å². The summed E-state index contributed by atoms with van der Waals surface area (Å²) in [5.41, 5.74) is -3.37. The number of halogens is 1. The molecule has 1 spiro atoms. The molecule has 2 heterocycles. The van der Waals surface area contributed by atoms with E-state index in [0.29, 0.717) is 18.7 Å². The van der Waals surface area contributed by atoms with Crippen LogP contribution in [0.3, 0.4) is 0 Å². The van der Waals surface area contributed by atoms with Crippen molar-refractivity contribution in [1.82, 2.24) is 15.3 Å². The predicted molar refractivity (Wildman–Crippen MR) is 166 cm³/mol. The molecule has 0 saturated carbocycles. The molecule has 16 heteroatoms. The van der Waals surface area contributed by atoms with E-state index in [1.807, 2.05) is 0 Å². The van der Waals surface area contributed by atoms with Crippen LogP contribution in [0.4, 0.5) is 0 Å². The third-order valence-electron chi connectivity index (χ3n) is 9.18. The minimum atomic E-state index is -2.15. The zero-order valence-electron chi connectivity index (χ0n) is 25.0. The van der Waals surface area contributed by atoms with Crippen molar-refractivity contribution in [2.24, 2.45) is 5.10 Å². The number of morpholine rings is 1. The number of hydrazone groups is 1. The summed E-state index contributed by atoms with van der Waals surface area (Å²) in [6.07, 6.45) is 1.88. The second kappa shape index (κ2) is 11.1. The fraction of sp³-hybridized carbons (Fsp3) is 0.281. The van der Waals surface area contributed by atoms with Gasteiger partial charge in [0.2, 0.25) is 5.78 Å². The fourth-order valence-corrected chi connectivity index (χ4v) is 7.26. The zero-order chi connectivity index (χ0) is 34.2. The van der Waals surface area contributed by atoms with E-state index >= 15 is 0 Å². The average Bonchev–Trinajstić information content (AvgIpc) is 3.54. The molecule has 1 saturated heterocycles. The maximum absolute atomic E-state index is 14.1. The number of phenolic OH excluding ortho intramolecular Hbond substituents is 3. The highest BCUT2D eigenvalue weighted by atomic mass is 35.5. The molecule has 3 aliphatic carbocycles. The summed E-state index contributed by atoms with van der Waals surface area (Å²) in [4.78, 5) is 83.9. The van der Waals surface area contributed by atoms with Crippen molar-refractivity contribution < 1.29 is 48.8 Å². The van der Waals surface area contributed by atoms with E-state index in [4.69, 9.17) is 21.1 Å². The van der Waals surface area contributed by atoms with Crippen LogP contribution < -0.4 is 11.0 Å². The molecule has 2 atom stereocenters. The lowest BCUT2D eigenvalue weighted by Crippen LogP contribution is -2.46. The number of aromatic amines is 1. The van der Waals surface area contributed by atoms with Crippen LogP contribution >= 0.6 is 11.6 Å². The number of aromatic hydroxyl groups is 3. The summed E-state index contributed by atoms with van der Waals surface area (Å²) in [5.74, 6) is -7.37. The molecule has 3 aromatic rings. The van der Waals surface area contributed by atoms with Crippen molar-refractivity contribution in [3.8, 4) is 17.2 Å². The van der Waals surface area contributed by atoms with Gasteiger partial charge < -0.3 is 29.8 Å². The summed E-state index contributed by atoms with van der Waals surface area (Å²) in [5, 5.41) is 37.7. The maximum Gasteiger partial charge on any atom is 0.260 e. The lowest BCUT2D eigenvalue weighted by atomic mass is 9.76. The highest BCUT2D eigenvalue weighted by Crippen LogP contribution is 2.57. The lowest BCUT2D eigenvalue weighted by Gasteiger charge is -2.30. The van der Waals surface area contributed by atoms with Crippen LogP contribution in [-0.2, 0) is 26.1 Å². The van der Waals surface area contributed by atoms with Crippen LogP contribution in [0.1, 0.15) is 64.7 Å². The quantitative estimate of drug-likeness (QED) is 0.0641. The fourth-order valence-electron chi connectivity index (χ4n) is 7.01. The average molecular weight is 677 g/mol. The van der Waals surface area contributed by atoms with E-state index in [0.717, 1.165) is 13.2 Å². The number of alkyl halides is 1. The van der Waals surface area contributed by atoms with E-state index in [2.05, 4.69) is 15.5 Å². The predicted octanol–water partition coefficient (Wildman–Crippen LogP) is 1.16. The number of amides is 1. The molecular weight excluding hydrogens is 652 g/mol. The first-order valence-electron chi connectivity index (χ1n) is 14.7. The van der Waals surface area contributed by atoms with Crippen LogP contribution in [-0.4, -0.2) is 99.4 Å². The molecule has 4 aliphatic rings. The summed E-state index contributed by atoms with van der Waals surface area (Å²) in [6, 6.07) is 3.00. The molecule has 48 heavy (non-hydrogen) atoms. The third-order valence-corrected chi connectivity index (χ3v) is 9.58. The highest BCUT2D eigenvalue weighted by molar-refractivity contribution is 6.39. The smallest absolute Gasteiger partial charge is 0.260 e.